The third kappa shape index (κ3) is 1.58. The highest BCUT2D eigenvalue weighted by Gasteiger charge is 2.09. The fourth-order valence-electron chi connectivity index (χ4n) is 1.56. The number of para-hydroxylation sites is 1. The van der Waals surface area contributed by atoms with Crippen molar-refractivity contribution in [2.75, 3.05) is 0 Å². The van der Waals surface area contributed by atoms with Crippen LogP contribution in [0, 0.1) is 0 Å². The van der Waals surface area contributed by atoms with E-state index in [9.17, 15) is 4.79 Å². The van der Waals surface area contributed by atoms with Crippen molar-refractivity contribution in [3.8, 4) is 5.95 Å². The molecule has 2 aromatic heterocycles. The summed E-state index contributed by atoms with van der Waals surface area (Å²) in [6.07, 6.45) is 2.47. The molecular formula is C11H7N5O2. The summed E-state index contributed by atoms with van der Waals surface area (Å²) in [5.74, 6) is -0.779. The van der Waals surface area contributed by atoms with Gasteiger partial charge in [0, 0.05) is 12.4 Å². The Morgan fingerprint density at radius 1 is 1.17 bits per heavy atom. The van der Waals surface area contributed by atoms with E-state index >= 15 is 0 Å². The third-order valence-corrected chi connectivity index (χ3v) is 2.43. The standard InChI is InChI=1S/C11H7N5O2/c17-10(18)7-5-12-11(13-6-7)16-9-4-2-1-3-8(9)14-15-16/h1-6H,(H,17,18). The van der Waals surface area contributed by atoms with Crippen LogP contribution in [0.4, 0.5) is 0 Å². The van der Waals surface area contributed by atoms with E-state index in [0.717, 1.165) is 11.0 Å². The molecule has 0 bridgehead atoms. The molecule has 1 N–H and O–H groups in total. The minimum absolute atomic E-state index is 0.0307. The zero-order valence-electron chi connectivity index (χ0n) is 9.06. The van der Waals surface area contributed by atoms with Crippen molar-refractivity contribution in [1.82, 2.24) is 25.0 Å². The summed E-state index contributed by atoms with van der Waals surface area (Å²) in [4.78, 5) is 18.6. The fraction of sp³-hybridized carbons (Fsp3) is 0. The van der Waals surface area contributed by atoms with Gasteiger partial charge in [0.15, 0.2) is 0 Å². The lowest BCUT2D eigenvalue weighted by atomic mass is 10.3. The van der Waals surface area contributed by atoms with Crippen LogP contribution in [0.1, 0.15) is 10.4 Å². The zero-order chi connectivity index (χ0) is 12.5. The van der Waals surface area contributed by atoms with Gasteiger partial charge in [-0.15, -0.1) is 5.10 Å². The van der Waals surface area contributed by atoms with Crippen LogP contribution in [0.2, 0.25) is 0 Å². The number of fused-ring (bicyclic) bond motifs is 1. The Balaban J connectivity index is 2.12. The molecule has 0 aliphatic rings. The molecule has 0 atom stereocenters. The molecule has 1 aromatic carbocycles. The lowest BCUT2D eigenvalue weighted by Crippen LogP contribution is -2.05. The van der Waals surface area contributed by atoms with Gasteiger partial charge in [0.1, 0.15) is 5.52 Å². The van der Waals surface area contributed by atoms with Gasteiger partial charge in [0.05, 0.1) is 11.1 Å². The molecule has 0 unspecified atom stereocenters. The largest absolute Gasteiger partial charge is 0.478 e. The number of benzene rings is 1. The van der Waals surface area contributed by atoms with Crippen LogP contribution in [-0.4, -0.2) is 36.0 Å². The van der Waals surface area contributed by atoms with Crippen molar-refractivity contribution in [2.45, 2.75) is 0 Å². The van der Waals surface area contributed by atoms with Crippen LogP contribution in [0.5, 0.6) is 0 Å². The van der Waals surface area contributed by atoms with Gasteiger partial charge in [-0.3, -0.25) is 0 Å². The van der Waals surface area contributed by atoms with E-state index in [4.69, 9.17) is 5.11 Å². The fourth-order valence-corrected chi connectivity index (χ4v) is 1.56. The number of aromatic carboxylic acids is 1. The van der Waals surface area contributed by atoms with Crippen LogP contribution in [-0.2, 0) is 0 Å². The van der Waals surface area contributed by atoms with Crippen LogP contribution in [0.15, 0.2) is 36.7 Å². The molecule has 0 radical (unpaired) electrons. The molecule has 3 rings (SSSR count). The van der Waals surface area contributed by atoms with Gasteiger partial charge in [0.2, 0.25) is 0 Å². The van der Waals surface area contributed by atoms with Gasteiger partial charge in [0.25, 0.3) is 5.95 Å². The van der Waals surface area contributed by atoms with Crippen LogP contribution in [0.3, 0.4) is 0 Å². The van der Waals surface area contributed by atoms with E-state index in [1.165, 1.54) is 17.1 Å². The van der Waals surface area contributed by atoms with Crippen LogP contribution < -0.4 is 0 Å². The molecule has 0 saturated carbocycles. The predicted octanol–water partition coefficient (Wildman–Crippen LogP) is 0.909. The van der Waals surface area contributed by atoms with Crippen LogP contribution >= 0.6 is 0 Å². The van der Waals surface area contributed by atoms with Gasteiger partial charge in [-0.2, -0.15) is 4.68 Å². The second kappa shape index (κ2) is 3.88. The summed E-state index contributed by atoms with van der Waals surface area (Å²) < 4.78 is 1.46. The van der Waals surface area contributed by atoms with Crippen LogP contribution in [0.25, 0.3) is 17.0 Å². The van der Waals surface area contributed by atoms with Gasteiger partial charge in [-0.1, -0.05) is 17.3 Å². The minimum atomic E-state index is -1.06. The van der Waals surface area contributed by atoms with Crippen molar-refractivity contribution < 1.29 is 9.90 Å². The summed E-state index contributed by atoms with van der Waals surface area (Å²) in [6, 6.07) is 7.37. The lowest BCUT2D eigenvalue weighted by Gasteiger charge is -1.99. The molecule has 3 aromatic rings. The third-order valence-electron chi connectivity index (χ3n) is 2.43. The molecule has 0 saturated heterocycles. The van der Waals surface area contributed by atoms with E-state index in [1.807, 2.05) is 24.3 Å². The summed E-state index contributed by atoms with van der Waals surface area (Å²) in [6.45, 7) is 0. The Kier molecular flexibility index (Phi) is 2.23. The van der Waals surface area contributed by atoms with Gasteiger partial charge >= 0.3 is 5.97 Å². The highest BCUT2D eigenvalue weighted by molar-refractivity contribution is 5.86. The Morgan fingerprint density at radius 2 is 1.89 bits per heavy atom. The molecule has 0 spiro atoms. The average molecular weight is 241 g/mol. The number of carboxylic acids is 1. The maximum atomic E-state index is 10.7. The van der Waals surface area contributed by atoms with E-state index < -0.39 is 5.97 Å². The number of rotatable bonds is 2. The summed E-state index contributed by atoms with van der Waals surface area (Å²) in [7, 11) is 0. The van der Waals surface area contributed by atoms with E-state index in [0.29, 0.717) is 0 Å². The maximum absolute atomic E-state index is 10.7. The lowest BCUT2D eigenvalue weighted by molar-refractivity contribution is 0.0696. The van der Waals surface area contributed by atoms with Crippen molar-refractivity contribution >= 4 is 17.0 Å². The summed E-state index contributed by atoms with van der Waals surface area (Å²) in [5.41, 5.74) is 1.52. The first-order valence-electron chi connectivity index (χ1n) is 5.12. The smallest absolute Gasteiger partial charge is 0.338 e. The van der Waals surface area contributed by atoms with E-state index in [-0.39, 0.29) is 11.5 Å². The topological polar surface area (TPSA) is 93.8 Å². The molecule has 0 fully saturated rings. The average Bonchev–Trinajstić information content (AvgIpc) is 2.82. The first kappa shape index (κ1) is 10.3. The Morgan fingerprint density at radius 3 is 2.61 bits per heavy atom. The Bertz CT molecular complexity index is 720. The first-order valence-corrected chi connectivity index (χ1v) is 5.12. The second-order valence-corrected chi connectivity index (χ2v) is 3.57. The van der Waals surface area contributed by atoms with Crippen molar-refractivity contribution in [3.63, 3.8) is 0 Å². The quantitative estimate of drug-likeness (QED) is 0.716. The molecule has 0 aliphatic heterocycles. The van der Waals surface area contributed by atoms with Crippen molar-refractivity contribution in [1.29, 1.82) is 0 Å². The SMILES string of the molecule is O=C(O)c1cnc(-n2nnc3ccccc32)nc1. The van der Waals surface area contributed by atoms with Gasteiger partial charge < -0.3 is 5.11 Å². The molecule has 7 nitrogen and oxygen atoms in total. The minimum Gasteiger partial charge on any atom is -0.478 e. The number of hydrogen-bond donors (Lipinski definition) is 1. The number of hydrogen-bond acceptors (Lipinski definition) is 5. The summed E-state index contributed by atoms with van der Waals surface area (Å²) in [5, 5.41) is 16.7. The van der Waals surface area contributed by atoms with E-state index in [1.54, 1.807) is 0 Å². The molecule has 88 valence electrons. The predicted molar refractivity (Wildman–Crippen MR) is 61.4 cm³/mol. The number of carboxylic acid groups (broad SMARTS) is 1. The zero-order valence-corrected chi connectivity index (χ0v) is 9.06. The monoisotopic (exact) mass is 241 g/mol. The first-order chi connectivity index (χ1) is 8.75. The molecule has 2 heterocycles. The van der Waals surface area contributed by atoms with E-state index in [2.05, 4.69) is 20.3 Å². The molecular weight excluding hydrogens is 234 g/mol. The molecule has 0 amide bonds. The van der Waals surface area contributed by atoms with Gasteiger partial charge in [-0.05, 0) is 12.1 Å². The molecule has 18 heavy (non-hydrogen) atoms. The highest BCUT2D eigenvalue weighted by atomic mass is 16.4. The maximum Gasteiger partial charge on any atom is 0.338 e. The number of nitrogens with zero attached hydrogens (tertiary/aromatic N) is 5. The van der Waals surface area contributed by atoms with Crippen molar-refractivity contribution in [3.05, 3.63) is 42.2 Å². The molecule has 0 aliphatic carbocycles. The Labute approximate surface area is 101 Å². The summed E-state index contributed by atoms with van der Waals surface area (Å²) >= 11 is 0. The number of carbonyl (C=O) groups is 1. The number of aromatic nitrogens is 5. The Hall–Kier alpha value is -2.83. The second-order valence-electron chi connectivity index (χ2n) is 3.57. The van der Waals surface area contributed by atoms with Gasteiger partial charge in [-0.25, -0.2) is 14.8 Å². The molecule has 7 heteroatoms. The van der Waals surface area contributed by atoms with Crippen molar-refractivity contribution in [2.24, 2.45) is 0 Å². The normalized spacial score (nSPS) is 10.7. The highest BCUT2D eigenvalue weighted by Crippen LogP contribution is 2.12.